The molecule has 1 fully saturated rings. The first-order chi connectivity index (χ1) is 8.10. The van der Waals surface area contributed by atoms with Crippen LogP contribution >= 0.6 is 0 Å². The second-order valence-electron chi connectivity index (χ2n) is 4.59. The van der Waals surface area contributed by atoms with E-state index in [0.29, 0.717) is 0 Å². The van der Waals surface area contributed by atoms with Crippen LogP contribution in [0.2, 0.25) is 0 Å². The van der Waals surface area contributed by atoms with Crippen LogP contribution < -0.4 is 15.4 Å². The molecular formula is C13H20N2O2. The summed E-state index contributed by atoms with van der Waals surface area (Å²) >= 11 is 0. The van der Waals surface area contributed by atoms with Crippen molar-refractivity contribution in [2.45, 2.75) is 26.1 Å². The minimum atomic E-state index is 0.236. The highest BCUT2D eigenvalue weighted by atomic mass is 16.5. The molecule has 0 amide bonds. The lowest BCUT2D eigenvalue weighted by Crippen LogP contribution is -2.45. The SMILES string of the molecule is COc1ccc(N2C[C@@H](C)O[C@H](C)C2)c(N)c1. The molecule has 4 heteroatoms. The summed E-state index contributed by atoms with van der Waals surface area (Å²) < 4.78 is 10.9. The van der Waals surface area contributed by atoms with E-state index in [-0.39, 0.29) is 12.2 Å². The fourth-order valence-electron chi connectivity index (χ4n) is 2.32. The van der Waals surface area contributed by atoms with E-state index >= 15 is 0 Å². The third-order valence-corrected chi connectivity index (χ3v) is 2.99. The molecule has 2 rings (SSSR count). The number of benzene rings is 1. The Bertz CT molecular complexity index is 385. The van der Waals surface area contributed by atoms with Crippen molar-refractivity contribution in [1.29, 1.82) is 0 Å². The molecule has 0 unspecified atom stereocenters. The Labute approximate surface area is 102 Å². The normalized spacial score (nSPS) is 24.8. The number of nitrogens with zero attached hydrogens (tertiary/aromatic N) is 1. The minimum Gasteiger partial charge on any atom is -0.497 e. The molecule has 2 atom stereocenters. The monoisotopic (exact) mass is 236 g/mol. The summed E-state index contributed by atoms with van der Waals surface area (Å²) in [6.07, 6.45) is 0.473. The predicted molar refractivity (Wildman–Crippen MR) is 69.6 cm³/mol. The van der Waals surface area contributed by atoms with Gasteiger partial charge in [-0.05, 0) is 26.0 Å². The zero-order chi connectivity index (χ0) is 12.4. The van der Waals surface area contributed by atoms with Gasteiger partial charge in [0.25, 0.3) is 0 Å². The predicted octanol–water partition coefficient (Wildman–Crippen LogP) is 1.89. The van der Waals surface area contributed by atoms with Crippen molar-refractivity contribution in [3.05, 3.63) is 18.2 Å². The molecule has 0 radical (unpaired) electrons. The van der Waals surface area contributed by atoms with Crippen LogP contribution in [0, 0.1) is 0 Å². The van der Waals surface area contributed by atoms with Crippen molar-refractivity contribution in [1.82, 2.24) is 0 Å². The van der Waals surface area contributed by atoms with Crippen LogP contribution in [-0.2, 0) is 4.74 Å². The van der Waals surface area contributed by atoms with Crippen LogP contribution in [0.15, 0.2) is 18.2 Å². The highest BCUT2D eigenvalue weighted by Gasteiger charge is 2.23. The Morgan fingerprint density at radius 1 is 1.29 bits per heavy atom. The summed E-state index contributed by atoms with van der Waals surface area (Å²) in [6.45, 7) is 5.92. The number of nitrogen functional groups attached to an aromatic ring is 1. The van der Waals surface area contributed by atoms with Crippen molar-refractivity contribution in [3.8, 4) is 5.75 Å². The summed E-state index contributed by atoms with van der Waals surface area (Å²) in [5.41, 5.74) is 7.87. The number of morpholine rings is 1. The Hall–Kier alpha value is -1.42. The number of hydrogen-bond acceptors (Lipinski definition) is 4. The molecule has 1 aromatic rings. The van der Waals surface area contributed by atoms with Crippen LogP contribution in [-0.4, -0.2) is 32.4 Å². The number of methoxy groups -OCH3 is 1. The molecule has 0 spiro atoms. The third kappa shape index (κ3) is 2.64. The molecule has 2 N–H and O–H groups in total. The Kier molecular flexibility index (Phi) is 3.43. The van der Waals surface area contributed by atoms with E-state index in [1.54, 1.807) is 7.11 Å². The minimum absolute atomic E-state index is 0.236. The van der Waals surface area contributed by atoms with E-state index < -0.39 is 0 Å². The summed E-state index contributed by atoms with van der Waals surface area (Å²) in [5.74, 6) is 0.792. The molecular weight excluding hydrogens is 216 g/mol. The molecule has 1 aliphatic heterocycles. The van der Waals surface area contributed by atoms with Gasteiger partial charge in [0.05, 0.1) is 30.7 Å². The lowest BCUT2D eigenvalue weighted by molar-refractivity contribution is -0.00517. The quantitative estimate of drug-likeness (QED) is 0.797. The van der Waals surface area contributed by atoms with Gasteiger partial charge in [-0.25, -0.2) is 0 Å². The number of rotatable bonds is 2. The fraction of sp³-hybridized carbons (Fsp3) is 0.538. The van der Waals surface area contributed by atoms with E-state index in [0.717, 1.165) is 30.2 Å². The van der Waals surface area contributed by atoms with Gasteiger partial charge in [0.2, 0.25) is 0 Å². The lowest BCUT2D eigenvalue weighted by Gasteiger charge is -2.37. The zero-order valence-corrected chi connectivity index (χ0v) is 10.6. The largest absolute Gasteiger partial charge is 0.497 e. The number of ether oxygens (including phenoxy) is 2. The second-order valence-corrected chi connectivity index (χ2v) is 4.59. The van der Waals surface area contributed by atoms with Gasteiger partial charge in [0, 0.05) is 19.2 Å². The second kappa shape index (κ2) is 4.84. The molecule has 4 nitrogen and oxygen atoms in total. The number of anilines is 2. The Balaban J connectivity index is 2.21. The standard InChI is InChI=1S/C13H20N2O2/c1-9-7-15(8-10(2)17-9)13-5-4-11(16-3)6-12(13)14/h4-6,9-10H,7-8,14H2,1-3H3/t9-,10-/m1/s1. The van der Waals surface area contributed by atoms with E-state index in [2.05, 4.69) is 18.7 Å². The molecule has 0 saturated carbocycles. The molecule has 0 bridgehead atoms. The van der Waals surface area contributed by atoms with Gasteiger partial charge in [-0.1, -0.05) is 0 Å². The molecule has 1 saturated heterocycles. The summed E-state index contributed by atoms with van der Waals surface area (Å²) in [6, 6.07) is 5.82. The Morgan fingerprint density at radius 3 is 2.47 bits per heavy atom. The summed E-state index contributed by atoms with van der Waals surface area (Å²) in [7, 11) is 1.65. The average molecular weight is 236 g/mol. The first-order valence-corrected chi connectivity index (χ1v) is 5.94. The van der Waals surface area contributed by atoms with Crippen LogP contribution in [0.5, 0.6) is 5.75 Å². The molecule has 94 valence electrons. The topological polar surface area (TPSA) is 47.7 Å². The van der Waals surface area contributed by atoms with Crippen molar-refractivity contribution in [2.75, 3.05) is 30.8 Å². The van der Waals surface area contributed by atoms with Crippen LogP contribution in [0.1, 0.15) is 13.8 Å². The molecule has 1 aromatic carbocycles. The molecule has 1 heterocycles. The third-order valence-electron chi connectivity index (χ3n) is 2.99. The van der Waals surface area contributed by atoms with Gasteiger partial charge >= 0.3 is 0 Å². The van der Waals surface area contributed by atoms with E-state index in [4.69, 9.17) is 15.2 Å². The van der Waals surface area contributed by atoms with Gasteiger partial charge in [-0.15, -0.1) is 0 Å². The number of hydrogen-bond donors (Lipinski definition) is 1. The fourth-order valence-corrected chi connectivity index (χ4v) is 2.32. The molecule has 0 aromatic heterocycles. The smallest absolute Gasteiger partial charge is 0.121 e. The summed E-state index contributed by atoms with van der Waals surface area (Å²) in [4.78, 5) is 2.27. The van der Waals surface area contributed by atoms with Gasteiger partial charge in [-0.3, -0.25) is 0 Å². The molecule has 1 aliphatic rings. The average Bonchev–Trinajstić information content (AvgIpc) is 2.27. The van der Waals surface area contributed by atoms with Gasteiger partial charge in [0.15, 0.2) is 0 Å². The molecule has 17 heavy (non-hydrogen) atoms. The number of nitrogens with two attached hydrogens (primary N) is 1. The maximum Gasteiger partial charge on any atom is 0.121 e. The van der Waals surface area contributed by atoms with E-state index in [1.807, 2.05) is 18.2 Å². The van der Waals surface area contributed by atoms with Crippen LogP contribution in [0.25, 0.3) is 0 Å². The Morgan fingerprint density at radius 2 is 1.94 bits per heavy atom. The van der Waals surface area contributed by atoms with Crippen molar-refractivity contribution < 1.29 is 9.47 Å². The van der Waals surface area contributed by atoms with Crippen molar-refractivity contribution in [2.24, 2.45) is 0 Å². The van der Waals surface area contributed by atoms with Crippen molar-refractivity contribution in [3.63, 3.8) is 0 Å². The van der Waals surface area contributed by atoms with Crippen LogP contribution in [0.4, 0.5) is 11.4 Å². The van der Waals surface area contributed by atoms with Crippen LogP contribution in [0.3, 0.4) is 0 Å². The van der Waals surface area contributed by atoms with Gasteiger partial charge < -0.3 is 20.1 Å². The first kappa shape index (κ1) is 12.0. The van der Waals surface area contributed by atoms with Crippen molar-refractivity contribution >= 4 is 11.4 Å². The van der Waals surface area contributed by atoms with E-state index in [1.165, 1.54) is 0 Å². The summed E-state index contributed by atoms with van der Waals surface area (Å²) in [5, 5.41) is 0. The zero-order valence-electron chi connectivity index (χ0n) is 10.6. The molecule has 0 aliphatic carbocycles. The lowest BCUT2D eigenvalue weighted by atomic mass is 10.1. The van der Waals surface area contributed by atoms with Gasteiger partial charge in [-0.2, -0.15) is 0 Å². The maximum atomic E-state index is 6.06. The highest BCUT2D eigenvalue weighted by Crippen LogP contribution is 2.29. The highest BCUT2D eigenvalue weighted by molar-refractivity contribution is 5.69. The van der Waals surface area contributed by atoms with E-state index in [9.17, 15) is 0 Å². The first-order valence-electron chi connectivity index (χ1n) is 5.94. The van der Waals surface area contributed by atoms with Gasteiger partial charge in [0.1, 0.15) is 5.75 Å². The maximum absolute atomic E-state index is 6.06.